The molecule has 33 heavy (non-hydrogen) atoms. The summed E-state index contributed by atoms with van der Waals surface area (Å²) in [6.45, 7) is 6.32. The molecule has 2 aliphatic rings. The fraction of sp³-hybridized carbons (Fsp3) is 0.600. The van der Waals surface area contributed by atoms with Crippen molar-refractivity contribution in [2.45, 2.75) is 46.1 Å². The molecule has 0 aromatic carbocycles. The van der Waals surface area contributed by atoms with Crippen molar-refractivity contribution in [2.24, 2.45) is 11.3 Å². The summed E-state index contributed by atoms with van der Waals surface area (Å²) in [5.41, 5.74) is 6.31. The van der Waals surface area contributed by atoms with Crippen molar-refractivity contribution in [3.63, 3.8) is 0 Å². The summed E-state index contributed by atoms with van der Waals surface area (Å²) in [4.78, 5) is 34.8. The number of hydrogen-bond acceptors (Lipinski definition) is 9. The Balaban J connectivity index is 1.36. The number of fused-ring (bicyclic) bond motifs is 1. The van der Waals surface area contributed by atoms with E-state index in [-0.39, 0.29) is 24.7 Å². The Morgan fingerprint density at radius 1 is 1.42 bits per heavy atom. The van der Waals surface area contributed by atoms with E-state index in [0.717, 1.165) is 18.4 Å². The average Bonchev–Trinajstić information content (AvgIpc) is 3.29. The van der Waals surface area contributed by atoms with E-state index in [4.69, 9.17) is 19.5 Å². The summed E-state index contributed by atoms with van der Waals surface area (Å²) >= 11 is 0. The lowest BCUT2D eigenvalue weighted by Gasteiger charge is -2.30. The summed E-state index contributed by atoms with van der Waals surface area (Å²) in [5.74, 6) is -0.190. The lowest BCUT2D eigenvalue weighted by atomic mass is 10.1. The molecule has 4 rings (SSSR count). The first-order valence-corrected chi connectivity index (χ1v) is 12.5. The molecule has 13 heteroatoms. The van der Waals surface area contributed by atoms with Crippen molar-refractivity contribution in [1.29, 1.82) is 0 Å². The number of nitrogens with two attached hydrogens (primary N) is 1. The fourth-order valence-corrected chi connectivity index (χ4v) is 5.34. The van der Waals surface area contributed by atoms with E-state index >= 15 is 0 Å². The van der Waals surface area contributed by atoms with Gasteiger partial charge in [-0.05, 0) is 24.8 Å². The molecule has 180 valence electrons. The molecule has 12 nitrogen and oxygen atoms in total. The number of ether oxygens (including phenoxy) is 1. The van der Waals surface area contributed by atoms with Gasteiger partial charge in [0.25, 0.3) is 5.56 Å². The van der Waals surface area contributed by atoms with Crippen LogP contribution in [0.4, 0.5) is 5.95 Å². The smallest absolute Gasteiger partial charge is 0.406 e. The third kappa shape index (κ3) is 4.89. The molecule has 1 saturated heterocycles. The lowest BCUT2D eigenvalue weighted by molar-refractivity contribution is -0.146. The molecule has 1 unspecified atom stereocenters. The first kappa shape index (κ1) is 23.6. The molecule has 0 amide bonds. The molecule has 1 aliphatic carbocycles. The molecule has 2 aromatic rings. The fourth-order valence-electron chi connectivity index (χ4n) is 3.71. The maximum atomic E-state index is 12.9. The minimum absolute atomic E-state index is 0.00191. The number of imidazole rings is 1. The van der Waals surface area contributed by atoms with E-state index in [2.05, 4.69) is 20.0 Å². The van der Waals surface area contributed by atoms with E-state index in [9.17, 15) is 14.2 Å². The van der Waals surface area contributed by atoms with Crippen molar-refractivity contribution in [2.75, 3.05) is 25.6 Å². The van der Waals surface area contributed by atoms with Crippen molar-refractivity contribution in [3.8, 4) is 0 Å². The van der Waals surface area contributed by atoms with Gasteiger partial charge in [-0.2, -0.15) is 4.98 Å². The second-order valence-corrected chi connectivity index (χ2v) is 10.4. The summed E-state index contributed by atoms with van der Waals surface area (Å²) in [6, 6.07) is -0.833. The maximum Gasteiger partial charge on any atom is 0.406 e. The highest BCUT2D eigenvalue weighted by molar-refractivity contribution is 7.51. The lowest BCUT2D eigenvalue weighted by Crippen LogP contribution is -2.38. The molecule has 4 N–H and O–H groups in total. The molecule has 1 saturated carbocycles. The average molecular weight is 480 g/mol. The van der Waals surface area contributed by atoms with E-state index in [0.29, 0.717) is 24.6 Å². The predicted molar refractivity (Wildman–Crippen MR) is 121 cm³/mol. The molecule has 1 atom stereocenters. The Morgan fingerprint density at radius 3 is 2.79 bits per heavy atom. The van der Waals surface area contributed by atoms with Crippen LogP contribution in [0.1, 0.15) is 40.0 Å². The highest BCUT2D eigenvalue weighted by atomic mass is 31.2. The summed E-state index contributed by atoms with van der Waals surface area (Å²) < 4.78 is 31.0. The van der Waals surface area contributed by atoms with Crippen LogP contribution in [-0.2, 0) is 23.1 Å². The van der Waals surface area contributed by atoms with E-state index in [1.807, 2.05) is 13.8 Å². The number of esters is 1. The Labute approximate surface area is 190 Å². The van der Waals surface area contributed by atoms with E-state index < -0.39 is 30.7 Å². The number of rotatable bonds is 8. The Morgan fingerprint density at radius 2 is 2.12 bits per heavy atom. The van der Waals surface area contributed by atoms with Gasteiger partial charge in [0, 0.05) is 11.6 Å². The quantitative estimate of drug-likeness (QED) is 0.376. The number of hydrogen-bond donors (Lipinski definition) is 3. The predicted octanol–water partition coefficient (Wildman–Crippen LogP) is 2.05. The number of H-pyrrole nitrogens is 1. The first-order valence-electron chi connectivity index (χ1n) is 11.0. The van der Waals surface area contributed by atoms with Crippen LogP contribution in [0.25, 0.3) is 17.4 Å². The topological polar surface area (TPSA) is 163 Å². The number of aromatic nitrogens is 4. The third-order valence-electron chi connectivity index (χ3n) is 6.17. The molecule has 1 spiro atoms. The van der Waals surface area contributed by atoms with Gasteiger partial charge in [-0.1, -0.05) is 26.7 Å². The molecule has 1 aliphatic heterocycles. The van der Waals surface area contributed by atoms with Crippen LogP contribution in [0.5, 0.6) is 0 Å². The minimum Gasteiger partial charge on any atom is -0.464 e. The van der Waals surface area contributed by atoms with Gasteiger partial charge in [0.15, 0.2) is 11.2 Å². The molecule has 3 heterocycles. The number of carbonyl (C=O) groups is 1. The molecule has 2 fully saturated rings. The Bertz CT molecular complexity index is 1170. The Hall–Kier alpha value is -2.53. The second-order valence-electron chi connectivity index (χ2n) is 8.59. The van der Waals surface area contributed by atoms with Gasteiger partial charge in [-0.3, -0.25) is 28.2 Å². The van der Waals surface area contributed by atoms with Gasteiger partial charge >= 0.3 is 13.7 Å². The summed E-state index contributed by atoms with van der Waals surface area (Å²) in [5, 5.41) is 2.66. The van der Waals surface area contributed by atoms with Gasteiger partial charge in [-0.15, -0.1) is 0 Å². The normalized spacial score (nSPS) is 26.8. The highest BCUT2D eigenvalue weighted by Gasteiger charge is 2.55. The number of carbonyl (C=O) groups excluding carboxylic acids is 1. The number of anilines is 1. The molecular formula is C20H29N6O6P. The van der Waals surface area contributed by atoms with Crippen LogP contribution in [0.15, 0.2) is 16.7 Å². The SMILES string of the molecule is CCC(CC)COC(=O)C(C)NP1(=O)OCC2(CO1)C/C2=C/n1cnc2c(=O)[nH]c(N)nc21. The molecule has 0 bridgehead atoms. The first-order chi connectivity index (χ1) is 15.7. The monoisotopic (exact) mass is 480 g/mol. The number of nitrogens with one attached hydrogen (secondary N) is 2. The van der Waals surface area contributed by atoms with Crippen LogP contribution < -0.4 is 16.4 Å². The zero-order valence-electron chi connectivity index (χ0n) is 18.9. The summed E-state index contributed by atoms with van der Waals surface area (Å²) in [6.07, 6.45) is 5.79. The number of nitrogen functional groups attached to an aromatic ring is 1. The van der Waals surface area contributed by atoms with E-state index in [1.165, 1.54) is 6.33 Å². The van der Waals surface area contributed by atoms with Crippen molar-refractivity contribution >= 4 is 37.0 Å². The van der Waals surface area contributed by atoms with Crippen molar-refractivity contribution < 1.29 is 23.1 Å². The largest absolute Gasteiger partial charge is 0.464 e. The zero-order valence-corrected chi connectivity index (χ0v) is 19.8. The number of nitrogens with zero attached hydrogens (tertiary/aromatic N) is 3. The third-order valence-corrected chi connectivity index (χ3v) is 7.82. The maximum absolute atomic E-state index is 12.9. The van der Waals surface area contributed by atoms with Gasteiger partial charge < -0.3 is 10.5 Å². The Kier molecular flexibility index (Phi) is 6.45. The molecule has 0 radical (unpaired) electrons. The molecular weight excluding hydrogens is 451 g/mol. The second kappa shape index (κ2) is 9.02. The van der Waals surface area contributed by atoms with Crippen molar-refractivity contribution in [3.05, 3.63) is 22.3 Å². The van der Waals surface area contributed by atoms with Crippen LogP contribution in [-0.4, -0.2) is 51.4 Å². The van der Waals surface area contributed by atoms with Crippen LogP contribution in [0.3, 0.4) is 0 Å². The van der Waals surface area contributed by atoms with E-state index in [1.54, 1.807) is 17.7 Å². The van der Waals surface area contributed by atoms with Gasteiger partial charge in [0.1, 0.15) is 12.4 Å². The van der Waals surface area contributed by atoms with Gasteiger partial charge in [0.2, 0.25) is 5.95 Å². The van der Waals surface area contributed by atoms with Crippen LogP contribution >= 0.6 is 7.75 Å². The zero-order chi connectivity index (χ0) is 23.8. The molecule has 2 aromatic heterocycles. The van der Waals surface area contributed by atoms with Crippen LogP contribution in [0.2, 0.25) is 0 Å². The standard InChI is InChI=1S/C20H29N6O6P/c1-4-13(5-2)8-30-18(28)12(3)25-33(29)31-9-20(10-32-33)6-14(20)7-26-11-22-15-16(26)23-19(21)24-17(15)27/h7,11-13H,4-6,8-10H2,1-3H3,(H,25,29)(H3,21,23,24,27)/b14-7-. The highest BCUT2D eigenvalue weighted by Crippen LogP contribution is 2.62. The van der Waals surface area contributed by atoms with Gasteiger partial charge in [-0.25, -0.2) is 14.6 Å². The van der Waals surface area contributed by atoms with Crippen molar-refractivity contribution in [1.82, 2.24) is 24.6 Å². The van der Waals surface area contributed by atoms with Crippen LogP contribution in [0, 0.1) is 11.3 Å². The number of aromatic amines is 1. The van der Waals surface area contributed by atoms with Gasteiger partial charge in [0.05, 0.1) is 19.8 Å². The summed E-state index contributed by atoms with van der Waals surface area (Å²) in [7, 11) is -3.65. The minimum atomic E-state index is -3.65.